The van der Waals surface area contributed by atoms with Crippen LogP contribution in [0.5, 0.6) is 0 Å². The molecule has 2 amide bonds. The second-order valence-corrected chi connectivity index (χ2v) is 7.52. The van der Waals surface area contributed by atoms with Gasteiger partial charge in [0.1, 0.15) is 5.82 Å². The van der Waals surface area contributed by atoms with E-state index in [2.05, 4.69) is 45.3 Å². The summed E-state index contributed by atoms with van der Waals surface area (Å²) in [7, 11) is 2.07. The summed E-state index contributed by atoms with van der Waals surface area (Å²) in [6.07, 6.45) is 0.459. The van der Waals surface area contributed by atoms with Gasteiger partial charge in [0.15, 0.2) is 0 Å². The molecule has 0 aliphatic carbocycles. The summed E-state index contributed by atoms with van der Waals surface area (Å²) in [6, 6.07) is 14.9. The number of piperazine rings is 1. The first-order valence-corrected chi connectivity index (χ1v) is 9.56. The van der Waals surface area contributed by atoms with Gasteiger partial charge in [0.05, 0.1) is 6.04 Å². The molecule has 138 valence electrons. The van der Waals surface area contributed by atoms with E-state index >= 15 is 0 Å². The molecule has 0 radical (unpaired) electrons. The summed E-state index contributed by atoms with van der Waals surface area (Å²) in [6.45, 7) is 2.72. The Kier molecular flexibility index (Phi) is 6.27. The van der Waals surface area contributed by atoms with Gasteiger partial charge in [0.2, 0.25) is 0 Å². The van der Waals surface area contributed by atoms with E-state index in [1.165, 1.54) is 6.07 Å². The molecule has 6 heteroatoms. The number of nitrogens with one attached hydrogen (secondary N) is 1. The van der Waals surface area contributed by atoms with Crippen molar-refractivity contribution in [3.8, 4) is 0 Å². The molecule has 2 aromatic carbocycles. The fourth-order valence-electron chi connectivity index (χ4n) is 3.26. The third kappa shape index (κ3) is 4.62. The predicted molar refractivity (Wildman–Crippen MR) is 105 cm³/mol. The highest BCUT2D eigenvalue weighted by Crippen LogP contribution is 2.24. The predicted octanol–water partition coefficient (Wildman–Crippen LogP) is 3.83. The topological polar surface area (TPSA) is 35.6 Å². The monoisotopic (exact) mass is 419 g/mol. The van der Waals surface area contributed by atoms with Crippen LogP contribution in [0, 0.1) is 5.82 Å². The van der Waals surface area contributed by atoms with E-state index in [1.807, 2.05) is 23.1 Å². The molecule has 1 saturated heterocycles. The van der Waals surface area contributed by atoms with Gasteiger partial charge in [0.25, 0.3) is 0 Å². The Morgan fingerprint density at radius 2 is 2.00 bits per heavy atom. The Morgan fingerprint density at radius 1 is 1.23 bits per heavy atom. The summed E-state index contributed by atoms with van der Waals surface area (Å²) in [5.74, 6) is -0.246. The van der Waals surface area contributed by atoms with Crippen LogP contribution < -0.4 is 5.32 Å². The molecular formula is C20H23BrFN3O. The molecular weight excluding hydrogens is 397 g/mol. The van der Waals surface area contributed by atoms with E-state index < -0.39 is 0 Å². The van der Waals surface area contributed by atoms with E-state index in [-0.39, 0.29) is 17.9 Å². The van der Waals surface area contributed by atoms with Crippen LogP contribution in [0.1, 0.15) is 17.2 Å². The van der Waals surface area contributed by atoms with Crippen LogP contribution in [0.2, 0.25) is 0 Å². The van der Waals surface area contributed by atoms with E-state index in [1.54, 1.807) is 12.1 Å². The van der Waals surface area contributed by atoms with Crippen molar-refractivity contribution in [2.75, 3.05) is 33.2 Å². The highest BCUT2D eigenvalue weighted by atomic mass is 79.9. The number of hydrogen-bond donors (Lipinski definition) is 1. The number of hydrogen-bond acceptors (Lipinski definition) is 2. The summed E-state index contributed by atoms with van der Waals surface area (Å²) < 4.78 is 14.7. The van der Waals surface area contributed by atoms with Crippen molar-refractivity contribution in [3.05, 3.63) is 69.9 Å². The molecule has 0 bridgehead atoms. The van der Waals surface area contributed by atoms with Gasteiger partial charge in [-0.15, -0.1) is 0 Å². The molecule has 1 fully saturated rings. The molecule has 1 aliphatic heterocycles. The molecule has 1 N–H and O–H groups in total. The second-order valence-electron chi connectivity index (χ2n) is 6.60. The van der Waals surface area contributed by atoms with Crippen LogP contribution in [0.25, 0.3) is 0 Å². The van der Waals surface area contributed by atoms with E-state index in [4.69, 9.17) is 0 Å². The van der Waals surface area contributed by atoms with Gasteiger partial charge in [-0.3, -0.25) is 0 Å². The second kappa shape index (κ2) is 8.64. The summed E-state index contributed by atoms with van der Waals surface area (Å²) in [5, 5.41) is 2.95. The van der Waals surface area contributed by atoms with Crippen molar-refractivity contribution in [3.63, 3.8) is 0 Å². The zero-order valence-corrected chi connectivity index (χ0v) is 16.4. The van der Waals surface area contributed by atoms with E-state index in [9.17, 15) is 9.18 Å². The smallest absolute Gasteiger partial charge is 0.318 e. The molecule has 3 rings (SSSR count). The normalized spacial score (nSPS) is 18.0. The fourth-order valence-corrected chi connectivity index (χ4v) is 3.67. The Morgan fingerprint density at radius 3 is 2.77 bits per heavy atom. The summed E-state index contributed by atoms with van der Waals surface area (Å²) >= 11 is 3.35. The number of carbonyl (C=O) groups excluding carboxylic acids is 1. The number of urea groups is 1. The molecule has 1 atom stereocenters. The van der Waals surface area contributed by atoms with Crippen molar-refractivity contribution >= 4 is 22.0 Å². The summed E-state index contributed by atoms with van der Waals surface area (Å²) in [4.78, 5) is 16.8. The quantitative estimate of drug-likeness (QED) is 0.816. The Hall–Kier alpha value is -1.92. The standard InChI is InChI=1S/C20H23BrFN3O/c1-24-11-12-25(19(14-24)15-5-3-2-4-6-15)20(26)23-10-9-16-13-17(21)7-8-18(16)22/h2-8,13,19H,9-12,14H2,1H3,(H,23,26)/t19-/m1/s1. The van der Waals surface area contributed by atoms with Gasteiger partial charge < -0.3 is 15.1 Å². The number of amides is 2. The average molecular weight is 420 g/mol. The summed E-state index contributed by atoms with van der Waals surface area (Å²) in [5.41, 5.74) is 1.73. The van der Waals surface area contributed by atoms with Crippen molar-refractivity contribution < 1.29 is 9.18 Å². The highest BCUT2D eigenvalue weighted by molar-refractivity contribution is 9.10. The first-order valence-electron chi connectivity index (χ1n) is 8.76. The van der Waals surface area contributed by atoms with E-state index in [0.29, 0.717) is 25.1 Å². The third-order valence-corrected chi connectivity index (χ3v) is 5.20. The third-order valence-electron chi connectivity index (χ3n) is 4.71. The molecule has 1 heterocycles. The van der Waals surface area contributed by atoms with Crippen molar-refractivity contribution in [2.45, 2.75) is 12.5 Å². The first-order chi connectivity index (χ1) is 12.5. The lowest BCUT2D eigenvalue weighted by atomic mass is 10.0. The van der Waals surface area contributed by atoms with Gasteiger partial charge in [-0.1, -0.05) is 46.3 Å². The zero-order valence-electron chi connectivity index (χ0n) is 14.8. The Labute approximate surface area is 162 Å². The number of halogens is 2. The number of nitrogens with zero attached hydrogens (tertiary/aromatic N) is 2. The van der Waals surface area contributed by atoms with Gasteiger partial charge in [-0.05, 0) is 42.8 Å². The first kappa shape index (κ1) is 18.9. The molecule has 4 nitrogen and oxygen atoms in total. The number of rotatable bonds is 4. The maximum absolute atomic E-state index is 13.8. The minimum atomic E-state index is -0.246. The molecule has 1 aliphatic rings. The maximum Gasteiger partial charge on any atom is 0.318 e. The van der Waals surface area contributed by atoms with Crippen molar-refractivity contribution in [2.24, 2.45) is 0 Å². The Bertz CT molecular complexity index is 756. The van der Waals surface area contributed by atoms with Crippen LogP contribution in [0.4, 0.5) is 9.18 Å². The van der Waals surface area contributed by atoms with Crippen molar-refractivity contribution in [1.29, 1.82) is 0 Å². The van der Waals surface area contributed by atoms with Crippen LogP contribution in [-0.4, -0.2) is 49.1 Å². The van der Waals surface area contributed by atoms with Crippen LogP contribution >= 0.6 is 15.9 Å². The largest absolute Gasteiger partial charge is 0.338 e. The average Bonchev–Trinajstić information content (AvgIpc) is 2.65. The van der Waals surface area contributed by atoms with Crippen LogP contribution in [0.15, 0.2) is 53.0 Å². The molecule has 2 aromatic rings. The molecule has 26 heavy (non-hydrogen) atoms. The minimum absolute atomic E-state index is 0.0255. The van der Waals surface area contributed by atoms with Crippen LogP contribution in [-0.2, 0) is 6.42 Å². The van der Waals surface area contributed by atoms with Gasteiger partial charge in [-0.25, -0.2) is 9.18 Å². The Balaban J connectivity index is 1.63. The zero-order chi connectivity index (χ0) is 18.5. The number of carbonyl (C=O) groups is 1. The minimum Gasteiger partial charge on any atom is -0.338 e. The van der Waals surface area contributed by atoms with Crippen LogP contribution in [0.3, 0.4) is 0 Å². The maximum atomic E-state index is 13.8. The lowest BCUT2D eigenvalue weighted by Gasteiger charge is -2.40. The van der Waals surface area contributed by atoms with Crippen molar-refractivity contribution in [1.82, 2.24) is 15.1 Å². The van der Waals surface area contributed by atoms with Gasteiger partial charge in [-0.2, -0.15) is 0 Å². The van der Waals surface area contributed by atoms with Gasteiger partial charge >= 0.3 is 6.03 Å². The lowest BCUT2D eigenvalue weighted by molar-refractivity contribution is 0.109. The highest BCUT2D eigenvalue weighted by Gasteiger charge is 2.29. The molecule has 0 unspecified atom stereocenters. The van der Waals surface area contributed by atoms with E-state index in [0.717, 1.165) is 23.1 Å². The number of benzene rings is 2. The molecule has 0 saturated carbocycles. The number of likely N-dealkylation sites (N-methyl/N-ethyl adjacent to an activating group) is 1. The SMILES string of the molecule is CN1CCN(C(=O)NCCc2cc(Br)ccc2F)[C@@H](c2ccccc2)C1. The fraction of sp³-hybridized carbons (Fsp3) is 0.350. The molecule has 0 aromatic heterocycles. The lowest BCUT2D eigenvalue weighted by Crippen LogP contribution is -2.52. The van der Waals surface area contributed by atoms with Gasteiger partial charge in [0, 0.05) is 30.7 Å². The molecule has 0 spiro atoms.